The Morgan fingerprint density at radius 2 is 2.46 bits per heavy atom. The number of nitrogens with zero attached hydrogens (tertiary/aromatic N) is 3. The first-order chi connectivity index (χ1) is 6.19. The number of anilines is 2. The third kappa shape index (κ3) is 1.94. The van der Waals surface area contributed by atoms with Gasteiger partial charge >= 0.3 is 0 Å². The smallest absolute Gasteiger partial charge is 0.174 e. The molecule has 70 valence electrons. The Balaban J connectivity index is 2.91. The van der Waals surface area contributed by atoms with Crippen LogP contribution in [0.1, 0.15) is 6.92 Å². The predicted octanol–water partition coefficient (Wildman–Crippen LogP) is 0.462. The van der Waals surface area contributed by atoms with Crippen molar-refractivity contribution < 1.29 is 0 Å². The van der Waals surface area contributed by atoms with Crippen molar-refractivity contribution >= 4 is 11.5 Å². The Bertz CT molecular complexity index is 321. The number of aryl methyl sites for hydroxylation is 1. The number of hydrogen-bond donors (Lipinski definition) is 1. The SMILES string of the molecule is C#CCN(CC)c1nn(C)cc1N. The molecule has 0 aliphatic rings. The second kappa shape index (κ2) is 3.85. The molecule has 0 fully saturated rings. The number of aromatic nitrogens is 2. The van der Waals surface area contributed by atoms with Crippen LogP contribution in [-0.2, 0) is 7.05 Å². The van der Waals surface area contributed by atoms with E-state index in [0.29, 0.717) is 12.2 Å². The number of terminal acetylenes is 1. The Morgan fingerprint density at radius 3 is 2.85 bits per heavy atom. The second-order valence-electron chi connectivity index (χ2n) is 2.80. The van der Waals surface area contributed by atoms with E-state index in [4.69, 9.17) is 12.2 Å². The van der Waals surface area contributed by atoms with Gasteiger partial charge in [-0.3, -0.25) is 4.68 Å². The van der Waals surface area contributed by atoms with Crippen LogP contribution in [0.3, 0.4) is 0 Å². The second-order valence-corrected chi connectivity index (χ2v) is 2.80. The summed E-state index contributed by atoms with van der Waals surface area (Å²) in [7, 11) is 1.84. The first kappa shape index (κ1) is 9.46. The van der Waals surface area contributed by atoms with E-state index in [1.165, 1.54) is 0 Å². The van der Waals surface area contributed by atoms with E-state index in [1.54, 1.807) is 10.9 Å². The number of nitrogens with two attached hydrogens (primary N) is 1. The van der Waals surface area contributed by atoms with Gasteiger partial charge in [0.2, 0.25) is 0 Å². The van der Waals surface area contributed by atoms with Gasteiger partial charge in [-0.1, -0.05) is 5.92 Å². The first-order valence-electron chi connectivity index (χ1n) is 4.16. The lowest BCUT2D eigenvalue weighted by Gasteiger charge is -2.17. The van der Waals surface area contributed by atoms with E-state index in [9.17, 15) is 0 Å². The van der Waals surface area contributed by atoms with Gasteiger partial charge in [-0.15, -0.1) is 6.42 Å². The van der Waals surface area contributed by atoms with Crippen molar-refractivity contribution in [1.29, 1.82) is 0 Å². The van der Waals surface area contributed by atoms with E-state index >= 15 is 0 Å². The summed E-state index contributed by atoms with van der Waals surface area (Å²) >= 11 is 0. The first-order valence-corrected chi connectivity index (χ1v) is 4.16. The average Bonchev–Trinajstić information content (AvgIpc) is 2.41. The molecule has 4 heteroatoms. The third-order valence-electron chi connectivity index (χ3n) is 1.80. The number of nitrogen functional groups attached to an aromatic ring is 1. The highest BCUT2D eigenvalue weighted by atomic mass is 15.3. The van der Waals surface area contributed by atoms with E-state index in [2.05, 4.69) is 11.0 Å². The lowest BCUT2D eigenvalue weighted by Crippen LogP contribution is -2.24. The summed E-state index contributed by atoms with van der Waals surface area (Å²) in [4.78, 5) is 1.95. The summed E-state index contributed by atoms with van der Waals surface area (Å²) in [5.74, 6) is 3.34. The Labute approximate surface area is 78.3 Å². The van der Waals surface area contributed by atoms with Crippen molar-refractivity contribution in [2.45, 2.75) is 6.92 Å². The number of rotatable bonds is 3. The Morgan fingerprint density at radius 1 is 1.77 bits per heavy atom. The molecule has 0 aliphatic carbocycles. The van der Waals surface area contributed by atoms with Crippen LogP contribution in [0.15, 0.2) is 6.20 Å². The molecule has 0 unspecified atom stereocenters. The van der Waals surface area contributed by atoms with E-state index in [0.717, 1.165) is 12.4 Å². The van der Waals surface area contributed by atoms with Crippen molar-refractivity contribution in [3.05, 3.63) is 6.20 Å². The molecular weight excluding hydrogens is 164 g/mol. The van der Waals surface area contributed by atoms with Crippen LogP contribution < -0.4 is 10.6 Å². The monoisotopic (exact) mass is 178 g/mol. The summed E-state index contributed by atoms with van der Waals surface area (Å²) in [6, 6.07) is 0. The quantitative estimate of drug-likeness (QED) is 0.684. The van der Waals surface area contributed by atoms with Crippen molar-refractivity contribution in [2.24, 2.45) is 7.05 Å². The molecule has 0 atom stereocenters. The molecule has 0 saturated heterocycles. The molecule has 1 rings (SSSR count). The maximum absolute atomic E-state index is 5.75. The Kier molecular flexibility index (Phi) is 2.80. The van der Waals surface area contributed by atoms with Crippen LogP contribution in [0.2, 0.25) is 0 Å². The molecule has 0 bridgehead atoms. The third-order valence-corrected chi connectivity index (χ3v) is 1.80. The van der Waals surface area contributed by atoms with Crippen LogP contribution in [-0.4, -0.2) is 22.9 Å². The van der Waals surface area contributed by atoms with Gasteiger partial charge < -0.3 is 10.6 Å². The van der Waals surface area contributed by atoms with Crippen molar-refractivity contribution in [2.75, 3.05) is 23.7 Å². The lowest BCUT2D eigenvalue weighted by molar-refractivity contribution is 0.751. The van der Waals surface area contributed by atoms with E-state index in [1.807, 2.05) is 18.9 Å². The fourth-order valence-corrected chi connectivity index (χ4v) is 1.19. The average molecular weight is 178 g/mol. The fourth-order valence-electron chi connectivity index (χ4n) is 1.19. The van der Waals surface area contributed by atoms with Gasteiger partial charge in [-0.05, 0) is 6.92 Å². The maximum atomic E-state index is 5.75. The molecule has 0 amide bonds. The molecule has 2 N–H and O–H groups in total. The molecular formula is C9H14N4. The zero-order valence-electron chi connectivity index (χ0n) is 7.99. The minimum absolute atomic E-state index is 0.539. The highest BCUT2D eigenvalue weighted by Crippen LogP contribution is 2.19. The minimum Gasteiger partial charge on any atom is -0.394 e. The van der Waals surface area contributed by atoms with Crippen LogP contribution in [0.25, 0.3) is 0 Å². The molecule has 0 saturated carbocycles. The van der Waals surface area contributed by atoms with E-state index in [-0.39, 0.29) is 0 Å². The number of hydrogen-bond acceptors (Lipinski definition) is 3. The molecule has 1 aromatic rings. The van der Waals surface area contributed by atoms with Crippen LogP contribution in [0, 0.1) is 12.3 Å². The van der Waals surface area contributed by atoms with Crippen LogP contribution in [0.5, 0.6) is 0 Å². The molecule has 13 heavy (non-hydrogen) atoms. The van der Waals surface area contributed by atoms with Gasteiger partial charge in [-0.25, -0.2) is 0 Å². The minimum atomic E-state index is 0.539. The van der Waals surface area contributed by atoms with Crippen LogP contribution >= 0.6 is 0 Å². The van der Waals surface area contributed by atoms with Crippen molar-refractivity contribution in [1.82, 2.24) is 9.78 Å². The molecule has 0 aromatic carbocycles. The lowest BCUT2D eigenvalue weighted by atomic mass is 10.4. The zero-order chi connectivity index (χ0) is 9.84. The normalized spacial score (nSPS) is 9.62. The fraction of sp³-hybridized carbons (Fsp3) is 0.444. The van der Waals surface area contributed by atoms with Crippen LogP contribution in [0.4, 0.5) is 11.5 Å². The topological polar surface area (TPSA) is 47.1 Å². The van der Waals surface area contributed by atoms with Crippen molar-refractivity contribution in [3.63, 3.8) is 0 Å². The molecule has 0 aliphatic heterocycles. The molecule has 4 nitrogen and oxygen atoms in total. The summed E-state index contributed by atoms with van der Waals surface area (Å²) in [5.41, 5.74) is 6.42. The standard InChI is InChI=1S/C9H14N4/c1-4-6-13(5-2)9-8(10)7-12(3)11-9/h1,7H,5-6,10H2,2-3H3. The predicted molar refractivity (Wildman–Crippen MR) is 54.3 cm³/mol. The highest BCUT2D eigenvalue weighted by Gasteiger charge is 2.10. The zero-order valence-corrected chi connectivity index (χ0v) is 7.99. The van der Waals surface area contributed by atoms with Gasteiger partial charge in [0.1, 0.15) is 0 Å². The van der Waals surface area contributed by atoms with Crippen molar-refractivity contribution in [3.8, 4) is 12.3 Å². The summed E-state index contributed by atoms with van der Waals surface area (Å²) in [6.07, 6.45) is 7.00. The molecule has 0 spiro atoms. The maximum Gasteiger partial charge on any atom is 0.174 e. The van der Waals surface area contributed by atoms with Gasteiger partial charge in [0.25, 0.3) is 0 Å². The molecule has 0 radical (unpaired) electrons. The molecule has 1 heterocycles. The van der Waals surface area contributed by atoms with Gasteiger partial charge in [0.05, 0.1) is 12.2 Å². The van der Waals surface area contributed by atoms with Gasteiger partial charge in [0.15, 0.2) is 5.82 Å². The Hall–Kier alpha value is -1.63. The summed E-state index contributed by atoms with van der Waals surface area (Å²) in [6.45, 7) is 3.37. The summed E-state index contributed by atoms with van der Waals surface area (Å²) in [5, 5.41) is 4.22. The highest BCUT2D eigenvalue weighted by molar-refractivity contribution is 5.62. The van der Waals surface area contributed by atoms with Gasteiger partial charge in [-0.2, -0.15) is 5.10 Å². The van der Waals surface area contributed by atoms with Gasteiger partial charge in [0, 0.05) is 19.8 Å². The van der Waals surface area contributed by atoms with E-state index < -0.39 is 0 Å². The summed E-state index contributed by atoms with van der Waals surface area (Å²) < 4.78 is 1.68. The largest absolute Gasteiger partial charge is 0.394 e. The molecule has 1 aromatic heterocycles.